The number of piperazine rings is 2. The van der Waals surface area contributed by atoms with Crippen molar-refractivity contribution in [3.8, 4) is 17.2 Å². The minimum absolute atomic E-state index is 0.125. The third-order valence-corrected chi connectivity index (χ3v) is 7.57. The summed E-state index contributed by atoms with van der Waals surface area (Å²) in [5.41, 5.74) is 1.81. The van der Waals surface area contributed by atoms with Crippen molar-refractivity contribution >= 4 is 22.6 Å². The molecule has 1 aromatic heterocycles. The summed E-state index contributed by atoms with van der Waals surface area (Å²) >= 11 is 0. The third-order valence-electron chi connectivity index (χ3n) is 7.57. The summed E-state index contributed by atoms with van der Waals surface area (Å²) in [4.78, 5) is 28.8. The number of anilines is 1. The van der Waals surface area contributed by atoms with Crippen LogP contribution in [0.25, 0.3) is 10.9 Å². The smallest absolute Gasteiger partial charge is 0.227 e. The summed E-state index contributed by atoms with van der Waals surface area (Å²) in [6.45, 7) is 12.6. The number of ether oxygens (including phenoxy) is 3. The number of nitrogens with zero attached hydrogens (tertiary/aromatic N) is 5. The quantitative estimate of drug-likeness (QED) is 0.354. The molecule has 0 bridgehead atoms. The number of nitrogens with one attached hydrogen (secondary N) is 1. The molecule has 0 atom stereocenters. The molecule has 10 heteroatoms. The minimum Gasteiger partial charge on any atom is -0.493 e. The van der Waals surface area contributed by atoms with Gasteiger partial charge in [0.2, 0.25) is 5.91 Å². The molecule has 3 aromatic rings. The molecule has 1 N–H and O–H groups in total. The zero-order valence-corrected chi connectivity index (χ0v) is 24.5. The Labute approximate surface area is 242 Å². The SMILES string of the molecule is COc1cc2c(N3CCN(C(=O)Cc4ccc(OC(C)C)cc4)CC3)ncnc2cc1OCCCN1CCNCC1. The van der Waals surface area contributed by atoms with Crippen LogP contribution in [0.5, 0.6) is 17.2 Å². The van der Waals surface area contributed by atoms with E-state index in [0.29, 0.717) is 50.7 Å². The summed E-state index contributed by atoms with van der Waals surface area (Å²) in [5, 5.41) is 4.30. The lowest BCUT2D eigenvalue weighted by Gasteiger charge is -2.36. The molecule has 2 aliphatic rings. The van der Waals surface area contributed by atoms with E-state index in [0.717, 1.165) is 67.2 Å². The molecule has 5 rings (SSSR count). The molecule has 0 unspecified atom stereocenters. The highest BCUT2D eigenvalue weighted by Gasteiger charge is 2.24. The zero-order chi connectivity index (χ0) is 28.6. The largest absolute Gasteiger partial charge is 0.493 e. The van der Waals surface area contributed by atoms with Crippen molar-refractivity contribution in [2.75, 3.05) is 77.5 Å². The van der Waals surface area contributed by atoms with Crippen molar-refractivity contribution in [1.29, 1.82) is 0 Å². The van der Waals surface area contributed by atoms with Crippen LogP contribution in [0, 0.1) is 0 Å². The van der Waals surface area contributed by atoms with E-state index in [1.807, 2.05) is 55.1 Å². The van der Waals surface area contributed by atoms with Gasteiger partial charge >= 0.3 is 0 Å². The van der Waals surface area contributed by atoms with E-state index in [9.17, 15) is 4.79 Å². The van der Waals surface area contributed by atoms with Crippen LogP contribution in [-0.4, -0.2) is 104 Å². The Kier molecular flexibility index (Phi) is 9.74. The van der Waals surface area contributed by atoms with Gasteiger partial charge in [-0.3, -0.25) is 4.79 Å². The lowest BCUT2D eigenvalue weighted by molar-refractivity contribution is -0.130. The number of carbonyl (C=O) groups excluding carboxylic acids is 1. The molecule has 2 aliphatic heterocycles. The molecule has 1 amide bonds. The molecular formula is C31H42N6O4. The van der Waals surface area contributed by atoms with E-state index in [1.54, 1.807) is 13.4 Å². The Balaban J connectivity index is 1.18. The summed E-state index contributed by atoms with van der Waals surface area (Å²) in [5.74, 6) is 3.18. The first-order valence-electron chi connectivity index (χ1n) is 14.7. The number of aromatic nitrogens is 2. The fourth-order valence-corrected chi connectivity index (χ4v) is 5.39. The number of hydrogen-bond donors (Lipinski definition) is 1. The number of hydrogen-bond acceptors (Lipinski definition) is 9. The summed E-state index contributed by atoms with van der Waals surface area (Å²) < 4.78 is 17.5. The Morgan fingerprint density at radius 1 is 0.976 bits per heavy atom. The van der Waals surface area contributed by atoms with Gasteiger partial charge in [-0.2, -0.15) is 0 Å². The predicted octanol–water partition coefficient (Wildman–Crippen LogP) is 2.99. The second kappa shape index (κ2) is 13.8. The van der Waals surface area contributed by atoms with Gasteiger partial charge < -0.3 is 34.2 Å². The van der Waals surface area contributed by atoms with Crippen molar-refractivity contribution in [1.82, 2.24) is 25.1 Å². The van der Waals surface area contributed by atoms with Gasteiger partial charge in [-0.05, 0) is 44.0 Å². The zero-order valence-electron chi connectivity index (χ0n) is 24.5. The van der Waals surface area contributed by atoms with Gasteiger partial charge in [-0.25, -0.2) is 9.97 Å². The maximum atomic E-state index is 13.0. The van der Waals surface area contributed by atoms with Gasteiger partial charge in [-0.15, -0.1) is 0 Å². The standard InChI is InChI=1S/C31H42N6O4/c1-23(2)41-25-7-5-24(6-8-25)19-30(38)36-14-16-37(17-15-36)31-26-20-28(39-3)29(21-27(26)33-22-34-31)40-18-4-11-35-12-9-32-10-13-35/h5-8,20-23,32H,4,9-19H2,1-3H3. The Morgan fingerprint density at radius 2 is 1.73 bits per heavy atom. The number of carbonyl (C=O) groups is 1. The molecule has 0 spiro atoms. The monoisotopic (exact) mass is 562 g/mol. The van der Waals surface area contributed by atoms with Crippen LogP contribution >= 0.6 is 0 Å². The Bertz CT molecular complexity index is 1290. The van der Waals surface area contributed by atoms with Crippen molar-refractivity contribution in [2.45, 2.75) is 32.8 Å². The van der Waals surface area contributed by atoms with Crippen LogP contribution in [0.2, 0.25) is 0 Å². The van der Waals surface area contributed by atoms with Crippen LogP contribution in [0.1, 0.15) is 25.8 Å². The fourth-order valence-electron chi connectivity index (χ4n) is 5.39. The van der Waals surface area contributed by atoms with Crippen LogP contribution < -0.4 is 24.4 Å². The number of fused-ring (bicyclic) bond motifs is 1. The molecule has 2 aromatic carbocycles. The molecule has 2 saturated heterocycles. The van der Waals surface area contributed by atoms with Crippen LogP contribution in [0.3, 0.4) is 0 Å². The minimum atomic E-state index is 0.125. The van der Waals surface area contributed by atoms with Gasteiger partial charge in [0.1, 0.15) is 17.9 Å². The first kappa shape index (κ1) is 28.9. The lowest BCUT2D eigenvalue weighted by atomic mass is 10.1. The highest BCUT2D eigenvalue weighted by atomic mass is 16.5. The van der Waals surface area contributed by atoms with Crippen molar-refractivity contribution in [3.63, 3.8) is 0 Å². The molecule has 220 valence electrons. The fraction of sp³-hybridized carbons (Fsp3) is 0.516. The lowest BCUT2D eigenvalue weighted by Crippen LogP contribution is -2.49. The van der Waals surface area contributed by atoms with Crippen molar-refractivity contribution < 1.29 is 19.0 Å². The van der Waals surface area contributed by atoms with Gasteiger partial charge in [0, 0.05) is 70.4 Å². The maximum absolute atomic E-state index is 13.0. The van der Waals surface area contributed by atoms with Crippen molar-refractivity contribution in [2.24, 2.45) is 0 Å². The van der Waals surface area contributed by atoms with Gasteiger partial charge in [0.05, 0.1) is 31.8 Å². The van der Waals surface area contributed by atoms with Crippen molar-refractivity contribution in [3.05, 3.63) is 48.3 Å². The van der Waals surface area contributed by atoms with E-state index in [2.05, 4.69) is 25.1 Å². The van der Waals surface area contributed by atoms with E-state index in [-0.39, 0.29) is 12.0 Å². The number of benzene rings is 2. The Morgan fingerprint density at radius 3 is 2.44 bits per heavy atom. The molecule has 2 fully saturated rings. The van der Waals surface area contributed by atoms with Crippen LogP contribution in [0.4, 0.5) is 5.82 Å². The third kappa shape index (κ3) is 7.56. The topological polar surface area (TPSA) is 92.3 Å². The first-order chi connectivity index (χ1) is 20.0. The Hall–Kier alpha value is -3.63. The average molecular weight is 563 g/mol. The molecule has 41 heavy (non-hydrogen) atoms. The first-order valence-corrected chi connectivity index (χ1v) is 14.7. The van der Waals surface area contributed by atoms with E-state index < -0.39 is 0 Å². The molecule has 0 saturated carbocycles. The number of rotatable bonds is 11. The molecule has 0 aliphatic carbocycles. The predicted molar refractivity (Wildman–Crippen MR) is 160 cm³/mol. The second-order valence-electron chi connectivity index (χ2n) is 10.9. The van der Waals surface area contributed by atoms with E-state index >= 15 is 0 Å². The summed E-state index contributed by atoms with van der Waals surface area (Å²) in [7, 11) is 1.66. The maximum Gasteiger partial charge on any atom is 0.227 e. The van der Waals surface area contributed by atoms with E-state index in [1.165, 1.54) is 0 Å². The highest BCUT2D eigenvalue weighted by Crippen LogP contribution is 2.35. The van der Waals surface area contributed by atoms with Gasteiger partial charge in [0.25, 0.3) is 0 Å². The molecule has 0 radical (unpaired) electrons. The molecule has 3 heterocycles. The summed E-state index contributed by atoms with van der Waals surface area (Å²) in [6, 6.07) is 11.7. The number of amides is 1. The van der Waals surface area contributed by atoms with Gasteiger partial charge in [-0.1, -0.05) is 12.1 Å². The van der Waals surface area contributed by atoms with Gasteiger partial charge in [0.15, 0.2) is 11.5 Å². The molecule has 10 nitrogen and oxygen atoms in total. The normalized spacial score (nSPS) is 16.3. The number of methoxy groups -OCH3 is 1. The summed E-state index contributed by atoms with van der Waals surface area (Å²) in [6.07, 6.45) is 3.06. The second-order valence-corrected chi connectivity index (χ2v) is 10.9. The van der Waals surface area contributed by atoms with Crippen LogP contribution in [-0.2, 0) is 11.2 Å². The average Bonchev–Trinajstić information content (AvgIpc) is 3.00. The van der Waals surface area contributed by atoms with E-state index in [4.69, 9.17) is 14.2 Å². The molecular weight excluding hydrogens is 520 g/mol. The van der Waals surface area contributed by atoms with Crippen LogP contribution in [0.15, 0.2) is 42.7 Å². The highest BCUT2D eigenvalue weighted by molar-refractivity contribution is 5.92.